The molecule has 2 aromatic carbocycles. The summed E-state index contributed by atoms with van der Waals surface area (Å²) < 4.78 is 15.6. The van der Waals surface area contributed by atoms with Crippen molar-refractivity contribution in [3.8, 4) is 5.75 Å². The van der Waals surface area contributed by atoms with Crippen molar-refractivity contribution < 1.29 is 19.0 Å². The largest absolute Gasteiger partial charge is 0.489 e. The first-order valence-corrected chi connectivity index (χ1v) is 7.09. The molecule has 0 radical (unpaired) electrons. The Morgan fingerprint density at radius 1 is 0.955 bits per heavy atom. The van der Waals surface area contributed by atoms with Crippen molar-refractivity contribution in [1.82, 2.24) is 0 Å². The monoisotopic (exact) mass is 300 g/mol. The zero-order valence-electron chi connectivity index (χ0n) is 12.8. The van der Waals surface area contributed by atoms with Gasteiger partial charge in [-0.25, -0.2) is 4.79 Å². The van der Waals surface area contributed by atoms with Crippen molar-refractivity contribution in [3.05, 3.63) is 65.7 Å². The van der Waals surface area contributed by atoms with Crippen LogP contribution in [0.25, 0.3) is 0 Å². The molecule has 0 bridgehead atoms. The molecule has 0 N–H and O–H groups in total. The number of hydrogen-bond donors (Lipinski definition) is 0. The van der Waals surface area contributed by atoms with E-state index in [-0.39, 0.29) is 5.97 Å². The first kappa shape index (κ1) is 16.0. The lowest BCUT2D eigenvalue weighted by Crippen LogP contribution is -2.26. The van der Waals surface area contributed by atoms with E-state index >= 15 is 0 Å². The average molecular weight is 300 g/mol. The van der Waals surface area contributed by atoms with E-state index in [0.29, 0.717) is 13.0 Å². The smallest absolute Gasteiger partial charge is 0.335 e. The molecule has 1 atom stereocenters. The van der Waals surface area contributed by atoms with Crippen LogP contribution in [0.3, 0.4) is 0 Å². The Hall–Kier alpha value is -2.33. The summed E-state index contributed by atoms with van der Waals surface area (Å²) in [5.74, 6) is 0.423. The fourth-order valence-electron chi connectivity index (χ4n) is 2.07. The van der Waals surface area contributed by atoms with E-state index in [4.69, 9.17) is 14.2 Å². The molecule has 0 heterocycles. The molecule has 0 aromatic heterocycles. The van der Waals surface area contributed by atoms with Crippen LogP contribution in [0.15, 0.2) is 54.6 Å². The van der Waals surface area contributed by atoms with E-state index in [1.165, 1.54) is 14.2 Å². The molecule has 2 rings (SSSR count). The Bertz CT molecular complexity index is 578. The first-order valence-electron chi connectivity index (χ1n) is 7.09. The van der Waals surface area contributed by atoms with Gasteiger partial charge in [-0.05, 0) is 23.3 Å². The minimum Gasteiger partial charge on any atom is -0.489 e. The van der Waals surface area contributed by atoms with Crippen molar-refractivity contribution in [2.75, 3.05) is 14.2 Å². The number of hydrogen-bond acceptors (Lipinski definition) is 4. The molecule has 22 heavy (non-hydrogen) atoms. The zero-order chi connectivity index (χ0) is 15.8. The van der Waals surface area contributed by atoms with Gasteiger partial charge in [0.2, 0.25) is 0 Å². The molecule has 0 aliphatic rings. The van der Waals surface area contributed by atoms with Crippen molar-refractivity contribution in [2.45, 2.75) is 19.1 Å². The van der Waals surface area contributed by atoms with Crippen molar-refractivity contribution in [2.24, 2.45) is 0 Å². The maximum Gasteiger partial charge on any atom is 0.335 e. The van der Waals surface area contributed by atoms with Gasteiger partial charge in [-0.2, -0.15) is 0 Å². The van der Waals surface area contributed by atoms with E-state index in [9.17, 15) is 4.79 Å². The highest BCUT2D eigenvalue weighted by Crippen LogP contribution is 2.16. The molecule has 4 heteroatoms. The second kappa shape index (κ2) is 8.20. The topological polar surface area (TPSA) is 44.8 Å². The Morgan fingerprint density at radius 2 is 1.64 bits per heavy atom. The number of benzene rings is 2. The highest BCUT2D eigenvalue weighted by Gasteiger charge is 2.18. The lowest BCUT2D eigenvalue weighted by molar-refractivity contribution is -0.152. The molecule has 0 amide bonds. The predicted molar refractivity (Wildman–Crippen MR) is 83.7 cm³/mol. The highest BCUT2D eigenvalue weighted by molar-refractivity contribution is 5.74. The number of carbonyl (C=O) groups is 1. The predicted octanol–water partition coefficient (Wildman–Crippen LogP) is 3.00. The summed E-state index contributed by atoms with van der Waals surface area (Å²) in [5, 5.41) is 0. The molecule has 0 saturated carbocycles. The molecule has 0 aliphatic heterocycles. The summed E-state index contributed by atoms with van der Waals surface area (Å²) in [6.45, 7) is 0.531. The summed E-state index contributed by atoms with van der Waals surface area (Å²) >= 11 is 0. The summed E-state index contributed by atoms with van der Waals surface area (Å²) in [5.41, 5.74) is 2.11. The van der Waals surface area contributed by atoms with Crippen molar-refractivity contribution in [1.29, 1.82) is 0 Å². The third-order valence-electron chi connectivity index (χ3n) is 3.34. The lowest BCUT2D eigenvalue weighted by atomic mass is 10.1. The maximum absolute atomic E-state index is 11.5. The van der Waals surface area contributed by atoms with Crippen LogP contribution in [0, 0.1) is 0 Å². The van der Waals surface area contributed by atoms with Crippen LogP contribution in [0.1, 0.15) is 11.1 Å². The van der Waals surface area contributed by atoms with Gasteiger partial charge >= 0.3 is 5.97 Å². The standard InChI is InChI=1S/C18H20O4/c1-20-17(18(19)21-2)12-14-8-10-16(11-9-14)22-13-15-6-4-3-5-7-15/h3-11,17H,12-13H2,1-2H3/t17-/m0/s1. The van der Waals surface area contributed by atoms with Crippen LogP contribution in [-0.4, -0.2) is 26.3 Å². The first-order chi connectivity index (χ1) is 10.7. The molecule has 0 aliphatic carbocycles. The molecule has 2 aromatic rings. The Morgan fingerprint density at radius 3 is 2.23 bits per heavy atom. The van der Waals surface area contributed by atoms with Gasteiger partial charge in [0.15, 0.2) is 6.10 Å². The fourth-order valence-corrected chi connectivity index (χ4v) is 2.07. The van der Waals surface area contributed by atoms with E-state index in [1.54, 1.807) is 0 Å². The third-order valence-corrected chi connectivity index (χ3v) is 3.34. The molecular formula is C18H20O4. The quantitative estimate of drug-likeness (QED) is 0.737. The van der Waals surface area contributed by atoms with Gasteiger partial charge in [0.25, 0.3) is 0 Å². The number of ether oxygens (including phenoxy) is 3. The van der Waals surface area contributed by atoms with E-state index in [0.717, 1.165) is 16.9 Å². The Balaban J connectivity index is 1.91. The van der Waals surface area contributed by atoms with E-state index in [1.807, 2.05) is 54.6 Å². The maximum atomic E-state index is 11.5. The van der Waals surface area contributed by atoms with Gasteiger partial charge in [-0.3, -0.25) is 0 Å². The summed E-state index contributed by atoms with van der Waals surface area (Å²) in [7, 11) is 2.85. The molecule has 4 nitrogen and oxygen atoms in total. The minimum absolute atomic E-state index is 0.369. The van der Waals surface area contributed by atoms with Gasteiger partial charge < -0.3 is 14.2 Å². The molecule has 0 fully saturated rings. The molecule has 0 unspecified atom stereocenters. The van der Waals surface area contributed by atoms with Crippen molar-refractivity contribution in [3.63, 3.8) is 0 Å². The third kappa shape index (κ3) is 4.60. The summed E-state index contributed by atoms with van der Waals surface area (Å²) in [6.07, 6.45) is -0.108. The van der Waals surface area contributed by atoms with E-state index in [2.05, 4.69) is 0 Å². The van der Waals surface area contributed by atoms with E-state index < -0.39 is 6.10 Å². The average Bonchev–Trinajstić information content (AvgIpc) is 2.59. The van der Waals surface area contributed by atoms with Gasteiger partial charge in [-0.15, -0.1) is 0 Å². The number of rotatable bonds is 7. The lowest BCUT2D eigenvalue weighted by Gasteiger charge is -2.13. The van der Waals surface area contributed by atoms with Crippen LogP contribution in [0.2, 0.25) is 0 Å². The number of esters is 1. The zero-order valence-corrected chi connectivity index (χ0v) is 12.8. The number of carbonyl (C=O) groups excluding carboxylic acids is 1. The molecule has 116 valence electrons. The Labute approximate surface area is 130 Å². The summed E-state index contributed by atoms with van der Waals surface area (Å²) in [6, 6.07) is 17.6. The Kier molecular flexibility index (Phi) is 5.98. The van der Waals surface area contributed by atoms with Crippen LogP contribution >= 0.6 is 0 Å². The second-order valence-electron chi connectivity index (χ2n) is 4.87. The van der Waals surface area contributed by atoms with Crippen LogP contribution in [-0.2, 0) is 27.3 Å². The fraction of sp³-hybridized carbons (Fsp3) is 0.278. The molecule has 0 saturated heterocycles. The molecule has 0 spiro atoms. The molecular weight excluding hydrogens is 280 g/mol. The van der Waals surface area contributed by atoms with Gasteiger partial charge in [0.05, 0.1) is 7.11 Å². The summed E-state index contributed by atoms with van der Waals surface area (Å²) in [4.78, 5) is 11.5. The second-order valence-corrected chi connectivity index (χ2v) is 4.87. The normalized spacial score (nSPS) is 11.7. The SMILES string of the molecule is COC(=O)[C@H](Cc1ccc(OCc2ccccc2)cc1)OC. The van der Waals surface area contributed by atoms with Crippen LogP contribution < -0.4 is 4.74 Å². The van der Waals surface area contributed by atoms with Crippen molar-refractivity contribution >= 4 is 5.97 Å². The van der Waals surface area contributed by atoms with Gasteiger partial charge in [0.1, 0.15) is 12.4 Å². The van der Waals surface area contributed by atoms with Gasteiger partial charge in [-0.1, -0.05) is 42.5 Å². The van der Waals surface area contributed by atoms with Crippen LogP contribution in [0.4, 0.5) is 0 Å². The minimum atomic E-state index is -0.582. The van der Waals surface area contributed by atoms with Gasteiger partial charge in [0, 0.05) is 13.5 Å². The highest BCUT2D eigenvalue weighted by atomic mass is 16.6. The number of methoxy groups -OCH3 is 2. The van der Waals surface area contributed by atoms with Crippen LogP contribution in [0.5, 0.6) is 5.75 Å².